The van der Waals surface area contributed by atoms with Gasteiger partial charge in [0.1, 0.15) is 17.3 Å². The standard InChI is InChI=1S/C21H27N5O2.ClH/c1-21(2,3)19-23-16-17-22-15(12-14-8-5-4-6-9-14)13-26(17)20(28)25(10-7-11-27)18(16)24-19;/h4-6,8-9,15,22,27H,7,10-13H2,1-3H3;1H/t15-;/m1./s1. The average Bonchev–Trinajstić information content (AvgIpc) is 3.27. The number of rotatable bonds is 5. The van der Waals surface area contributed by atoms with Gasteiger partial charge in [0.25, 0.3) is 0 Å². The minimum atomic E-state index is -0.212. The van der Waals surface area contributed by atoms with E-state index in [9.17, 15) is 9.90 Å². The molecule has 0 aliphatic carbocycles. The van der Waals surface area contributed by atoms with Crippen LogP contribution in [0.1, 0.15) is 38.6 Å². The van der Waals surface area contributed by atoms with Crippen LogP contribution in [0, 0.1) is 0 Å². The molecule has 0 aromatic heterocycles. The van der Waals surface area contributed by atoms with Gasteiger partial charge in [-0.2, -0.15) is 0 Å². The molecule has 0 radical (unpaired) electrons. The van der Waals surface area contributed by atoms with E-state index in [1.54, 1.807) is 9.13 Å². The van der Waals surface area contributed by atoms with Gasteiger partial charge in [-0.15, -0.1) is 12.4 Å². The minimum absolute atomic E-state index is 0. The first kappa shape index (κ1) is 21.3. The highest BCUT2D eigenvalue weighted by molar-refractivity contribution is 5.85. The summed E-state index contributed by atoms with van der Waals surface area (Å²) in [5, 5.41) is 12.8. The highest BCUT2D eigenvalue weighted by Crippen LogP contribution is 2.33. The number of halogens is 1. The third-order valence-corrected chi connectivity index (χ3v) is 5.13. The molecule has 0 saturated heterocycles. The van der Waals surface area contributed by atoms with Gasteiger partial charge in [-0.3, -0.25) is 9.13 Å². The Morgan fingerprint density at radius 2 is 1.93 bits per heavy atom. The topological polar surface area (TPSA) is 85.0 Å². The van der Waals surface area contributed by atoms with Crippen molar-refractivity contribution < 1.29 is 5.11 Å². The number of anilines is 1. The quantitative estimate of drug-likeness (QED) is 0.666. The zero-order valence-electron chi connectivity index (χ0n) is 17.1. The molecule has 0 spiro atoms. The fraction of sp³-hybridized carbons (Fsp3) is 0.476. The number of nitrogens with one attached hydrogen (secondary N) is 1. The van der Waals surface area contributed by atoms with Crippen molar-refractivity contribution in [2.45, 2.75) is 58.2 Å². The smallest absolute Gasteiger partial charge is 0.331 e. The third-order valence-electron chi connectivity index (χ3n) is 5.13. The molecule has 3 aliphatic heterocycles. The van der Waals surface area contributed by atoms with Crippen LogP contribution in [0.3, 0.4) is 0 Å². The molecule has 1 aromatic rings. The van der Waals surface area contributed by atoms with Gasteiger partial charge in [0, 0.05) is 31.2 Å². The Bertz CT molecular complexity index is 1010. The van der Waals surface area contributed by atoms with Crippen molar-refractivity contribution >= 4 is 18.2 Å². The predicted molar refractivity (Wildman–Crippen MR) is 116 cm³/mol. The molecular formula is C21H28ClN5O2. The van der Waals surface area contributed by atoms with Crippen molar-refractivity contribution in [3.05, 3.63) is 52.2 Å². The lowest BCUT2D eigenvalue weighted by molar-refractivity contribution is 0.278. The van der Waals surface area contributed by atoms with Gasteiger partial charge >= 0.3 is 5.69 Å². The zero-order valence-corrected chi connectivity index (χ0v) is 17.9. The van der Waals surface area contributed by atoms with Crippen molar-refractivity contribution in [3.8, 4) is 11.5 Å². The Kier molecular flexibility index (Phi) is 6.00. The van der Waals surface area contributed by atoms with Crippen LogP contribution in [0.4, 0.5) is 5.82 Å². The van der Waals surface area contributed by atoms with Crippen LogP contribution < -0.4 is 11.0 Å². The molecule has 3 aliphatic rings. The number of hydrogen-bond acceptors (Lipinski definition) is 5. The maximum atomic E-state index is 13.2. The summed E-state index contributed by atoms with van der Waals surface area (Å²) in [6.07, 6.45) is 1.34. The molecule has 1 aromatic carbocycles. The predicted octanol–water partition coefficient (Wildman–Crippen LogP) is 2.68. The molecule has 7 nitrogen and oxygen atoms in total. The number of fused-ring (bicyclic) bond motifs is 3. The molecule has 4 rings (SSSR count). The molecule has 1 atom stereocenters. The lowest BCUT2D eigenvalue weighted by Gasteiger charge is -2.14. The second-order valence-electron chi connectivity index (χ2n) is 8.47. The first-order valence-electron chi connectivity index (χ1n) is 9.81. The summed E-state index contributed by atoms with van der Waals surface area (Å²) in [4.78, 5) is 22.7. The van der Waals surface area contributed by atoms with Crippen LogP contribution in [0.2, 0.25) is 0 Å². The fourth-order valence-electron chi connectivity index (χ4n) is 3.70. The van der Waals surface area contributed by atoms with Crippen molar-refractivity contribution in [1.29, 1.82) is 0 Å². The third kappa shape index (κ3) is 4.02. The van der Waals surface area contributed by atoms with E-state index in [0.29, 0.717) is 25.3 Å². The SMILES string of the molecule is CC(C)(C)c1nc2c3n(c(=O)n(CCCO)c-2n1)C[C@@H](Cc1ccccc1)N3.Cl. The van der Waals surface area contributed by atoms with E-state index in [4.69, 9.17) is 9.97 Å². The fourth-order valence-corrected chi connectivity index (χ4v) is 3.70. The first-order valence-corrected chi connectivity index (χ1v) is 9.81. The Balaban J connectivity index is 0.00000240. The lowest BCUT2D eigenvalue weighted by Crippen LogP contribution is -2.32. The molecule has 0 bridgehead atoms. The minimum Gasteiger partial charge on any atom is -0.396 e. The van der Waals surface area contributed by atoms with Crippen LogP contribution in [0.5, 0.6) is 0 Å². The van der Waals surface area contributed by atoms with E-state index in [0.717, 1.165) is 23.8 Å². The van der Waals surface area contributed by atoms with Crippen molar-refractivity contribution in [2.24, 2.45) is 0 Å². The molecule has 29 heavy (non-hydrogen) atoms. The number of imidazole rings is 1. The summed E-state index contributed by atoms with van der Waals surface area (Å²) in [6.45, 7) is 7.25. The summed E-state index contributed by atoms with van der Waals surface area (Å²) in [5.41, 5.74) is 1.66. The van der Waals surface area contributed by atoms with E-state index >= 15 is 0 Å². The number of aliphatic hydroxyl groups is 1. The van der Waals surface area contributed by atoms with Gasteiger partial charge in [-0.05, 0) is 18.4 Å². The number of hydrogen-bond donors (Lipinski definition) is 2. The van der Waals surface area contributed by atoms with Crippen LogP contribution in [-0.2, 0) is 24.9 Å². The van der Waals surface area contributed by atoms with Crippen molar-refractivity contribution in [3.63, 3.8) is 0 Å². The maximum absolute atomic E-state index is 13.2. The number of nitrogens with zero attached hydrogens (tertiary/aromatic N) is 4. The van der Waals surface area contributed by atoms with E-state index in [1.807, 2.05) is 18.2 Å². The molecule has 156 valence electrons. The van der Waals surface area contributed by atoms with Gasteiger partial charge in [-0.1, -0.05) is 51.1 Å². The number of aliphatic hydroxyl groups excluding tert-OH is 1. The summed E-state index contributed by atoms with van der Waals surface area (Å²) in [7, 11) is 0. The summed E-state index contributed by atoms with van der Waals surface area (Å²) < 4.78 is 3.43. The van der Waals surface area contributed by atoms with Gasteiger partial charge in [0.2, 0.25) is 0 Å². The van der Waals surface area contributed by atoms with Gasteiger partial charge < -0.3 is 10.4 Å². The monoisotopic (exact) mass is 417 g/mol. The Morgan fingerprint density at radius 1 is 1.21 bits per heavy atom. The molecule has 0 unspecified atom stereocenters. The Morgan fingerprint density at radius 3 is 2.59 bits per heavy atom. The van der Waals surface area contributed by atoms with Crippen LogP contribution >= 0.6 is 12.4 Å². The van der Waals surface area contributed by atoms with E-state index in [-0.39, 0.29) is 36.2 Å². The summed E-state index contributed by atoms with van der Waals surface area (Å²) in [6, 6.07) is 10.4. The van der Waals surface area contributed by atoms with Crippen LogP contribution in [0.25, 0.3) is 11.5 Å². The molecule has 2 N–H and O–H groups in total. The van der Waals surface area contributed by atoms with Gasteiger partial charge in [0.15, 0.2) is 5.82 Å². The number of aromatic nitrogens is 4. The van der Waals surface area contributed by atoms with E-state index in [1.165, 1.54) is 5.56 Å². The number of benzene rings is 1. The Labute approximate surface area is 176 Å². The summed E-state index contributed by atoms with van der Waals surface area (Å²) in [5.74, 6) is 2.08. The molecule has 0 fully saturated rings. The van der Waals surface area contributed by atoms with Crippen molar-refractivity contribution in [1.82, 2.24) is 19.1 Å². The average molecular weight is 418 g/mol. The molecule has 0 amide bonds. The second-order valence-corrected chi connectivity index (χ2v) is 8.47. The second kappa shape index (κ2) is 8.16. The van der Waals surface area contributed by atoms with E-state index < -0.39 is 0 Å². The van der Waals surface area contributed by atoms with Crippen LogP contribution in [0.15, 0.2) is 35.1 Å². The molecular weight excluding hydrogens is 390 g/mol. The zero-order chi connectivity index (χ0) is 19.9. The lowest BCUT2D eigenvalue weighted by atomic mass is 9.96. The molecule has 8 heteroatoms. The van der Waals surface area contributed by atoms with Crippen molar-refractivity contribution in [2.75, 3.05) is 11.9 Å². The maximum Gasteiger partial charge on any atom is 0.331 e. The first-order chi connectivity index (χ1) is 13.4. The highest BCUT2D eigenvalue weighted by Gasteiger charge is 2.33. The molecule has 0 saturated carbocycles. The van der Waals surface area contributed by atoms with Gasteiger partial charge in [0.05, 0.1) is 0 Å². The van der Waals surface area contributed by atoms with Crippen LogP contribution in [-0.4, -0.2) is 36.9 Å². The summed E-state index contributed by atoms with van der Waals surface area (Å²) >= 11 is 0. The highest BCUT2D eigenvalue weighted by atomic mass is 35.5. The largest absolute Gasteiger partial charge is 0.396 e. The molecule has 3 heterocycles. The normalized spacial score (nSPS) is 15.8. The van der Waals surface area contributed by atoms with E-state index in [2.05, 4.69) is 38.2 Å². The van der Waals surface area contributed by atoms with Gasteiger partial charge in [-0.25, -0.2) is 14.8 Å². The Hall–Kier alpha value is -2.38.